The van der Waals surface area contributed by atoms with Crippen molar-refractivity contribution in [1.29, 1.82) is 0 Å². The first-order valence-corrected chi connectivity index (χ1v) is 10.7. The van der Waals surface area contributed by atoms with Crippen molar-refractivity contribution in [3.05, 3.63) is 71.0 Å². The normalized spacial score (nSPS) is 16.0. The van der Waals surface area contributed by atoms with E-state index in [9.17, 15) is 14.0 Å². The number of anilines is 1. The van der Waals surface area contributed by atoms with Crippen molar-refractivity contribution < 1.29 is 13.9 Å². The van der Waals surface area contributed by atoms with Crippen LogP contribution in [0.3, 0.4) is 0 Å². The van der Waals surface area contributed by atoms with E-state index in [2.05, 4.69) is 15.3 Å². The fourth-order valence-corrected chi connectivity index (χ4v) is 3.64. The fraction of sp³-hybridized carbons (Fsp3) is 0.333. The van der Waals surface area contributed by atoms with Crippen LogP contribution in [0, 0.1) is 5.82 Å². The number of likely N-dealkylation sites (tertiary alicyclic amines) is 1. The lowest BCUT2D eigenvalue weighted by Gasteiger charge is -2.24. The SMILES string of the molecule is CC(C)(C)OC(=O)N1CC[C@H](Nc2ncc(F)c(-c3cccc(-n4ccccc4=O)c3)n2)C1. The number of benzene rings is 1. The van der Waals surface area contributed by atoms with E-state index in [1.807, 2.05) is 20.8 Å². The molecule has 1 aliphatic heterocycles. The Morgan fingerprint density at radius 3 is 2.79 bits per heavy atom. The zero-order valence-electron chi connectivity index (χ0n) is 18.8. The largest absolute Gasteiger partial charge is 0.444 e. The Hall–Kier alpha value is -3.75. The summed E-state index contributed by atoms with van der Waals surface area (Å²) >= 11 is 0. The quantitative estimate of drug-likeness (QED) is 0.648. The van der Waals surface area contributed by atoms with Crippen LogP contribution < -0.4 is 10.9 Å². The first-order chi connectivity index (χ1) is 15.7. The summed E-state index contributed by atoms with van der Waals surface area (Å²) in [7, 11) is 0. The summed E-state index contributed by atoms with van der Waals surface area (Å²) in [6.07, 6.45) is 3.11. The summed E-state index contributed by atoms with van der Waals surface area (Å²) < 4.78 is 21.5. The van der Waals surface area contributed by atoms with Crippen LogP contribution in [0.25, 0.3) is 16.9 Å². The number of amides is 1. The average molecular weight is 452 g/mol. The van der Waals surface area contributed by atoms with Gasteiger partial charge in [0, 0.05) is 42.6 Å². The van der Waals surface area contributed by atoms with Gasteiger partial charge in [-0.15, -0.1) is 0 Å². The predicted octanol–water partition coefficient (Wildman–Crippen LogP) is 3.85. The van der Waals surface area contributed by atoms with Crippen molar-refractivity contribution in [2.45, 2.75) is 38.8 Å². The minimum atomic E-state index is -0.570. The maximum atomic E-state index is 14.6. The maximum Gasteiger partial charge on any atom is 0.410 e. The molecule has 33 heavy (non-hydrogen) atoms. The van der Waals surface area contributed by atoms with Crippen molar-refractivity contribution >= 4 is 12.0 Å². The second kappa shape index (κ2) is 9.01. The predicted molar refractivity (Wildman–Crippen MR) is 123 cm³/mol. The van der Waals surface area contributed by atoms with Crippen molar-refractivity contribution in [2.24, 2.45) is 0 Å². The van der Waals surface area contributed by atoms with Gasteiger partial charge in [0.25, 0.3) is 5.56 Å². The summed E-state index contributed by atoms with van der Waals surface area (Å²) in [6.45, 7) is 6.47. The molecule has 9 heteroatoms. The molecule has 172 valence electrons. The molecule has 3 heterocycles. The first-order valence-electron chi connectivity index (χ1n) is 10.7. The number of hydrogen-bond donors (Lipinski definition) is 1. The highest BCUT2D eigenvalue weighted by Gasteiger charge is 2.30. The van der Waals surface area contributed by atoms with E-state index in [4.69, 9.17) is 4.74 Å². The number of nitrogens with zero attached hydrogens (tertiary/aromatic N) is 4. The highest BCUT2D eigenvalue weighted by molar-refractivity contribution is 5.69. The third kappa shape index (κ3) is 5.36. The molecular weight excluding hydrogens is 425 g/mol. The van der Waals surface area contributed by atoms with Gasteiger partial charge in [-0.3, -0.25) is 9.36 Å². The minimum Gasteiger partial charge on any atom is -0.444 e. The Bertz CT molecular complexity index is 1220. The van der Waals surface area contributed by atoms with Crippen LogP contribution in [-0.4, -0.2) is 50.3 Å². The van der Waals surface area contributed by atoms with Gasteiger partial charge in [0.05, 0.1) is 6.20 Å². The van der Waals surface area contributed by atoms with Gasteiger partial charge < -0.3 is 15.0 Å². The molecule has 1 fully saturated rings. The Kier molecular flexibility index (Phi) is 6.13. The van der Waals surface area contributed by atoms with Crippen LogP contribution in [0.5, 0.6) is 0 Å². The summed E-state index contributed by atoms with van der Waals surface area (Å²) in [4.78, 5) is 34.5. The van der Waals surface area contributed by atoms with Gasteiger partial charge in [0.1, 0.15) is 11.3 Å². The van der Waals surface area contributed by atoms with E-state index in [1.165, 1.54) is 10.6 Å². The van der Waals surface area contributed by atoms with E-state index in [0.717, 1.165) is 6.20 Å². The van der Waals surface area contributed by atoms with Crippen LogP contribution in [0.2, 0.25) is 0 Å². The van der Waals surface area contributed by atoms with E-state index in [0.29, 0.717) is 30.8 Å². The number of hydrogen-bond acceptors (Lipinski definition) is 6. The molecule has 0 saturated carbocycles. The van der Waals surface area contributed by atoms with Crippen LogP contribution in [0.1, 0.15) is 27.2 Å². The number of carbonyl (C=O) groups excluding carboxylic acids is 1. The van der Waals surface area contributed by atoms with Crippen molar-refractivity contribution in [3.63, 3.8) is 0 Å². The smallest absolute Gasteiger partial charge is 0.410 e. The van der Waals surface area contributed by atoms with Gasteiger partial charge in [-0.05, 0) is 45.4 Å². The summed E-state index contributed by atoms with van der Waals surface area (Å²) in [6, 6.07) is 11.7. The molecule has 0 aliphatic carbocycles. The van der Waals surface area contributed by atoms with Crippen LogP contribution in [0.4, 0.5) is 15.1 Å². The molecule has 1 N–H and O–H groups in total. The van der Waals surface area contributed by atoms with E-state index in [-0.39, 0.29) is 29.3 Å². The average Bonchev–Trinajstić information content (AvgIpc) is 3.23. The number of carbonyl (C=O) groups is 1. The number of halogens is 1. The van der Waals surface area contributed by atoms with Gasteiger partial charge >= 0.3 is 6.09 Å². The fourth-order valence-electron chi connectivity index (χ4n) is 3.64. The third-order valence-electron chi connectivity index (χ3n) is 5.14. The lowest BCUT2D eigenvalue weighted by atomic mass is 10.1. The standard InChI is InChI=1S/C24H26FN5O3/c1-24(2,3)33-23(32)29-12-10-17(15-29)27-22-26-14-19(25)21(28-22)16-7-6-8-18(13-16)30-11-5-4-9-20(30)31/h4-9,11,13-14,17H,10,12,15H2,1-3H3,(H,26,27,28)/t17-/m0/s1. The molecule has 4 rings (SSSR count). The van der Waals surface area contributed by atoms with Gasteiger partial charge in [0.15, 0.2) is 5.82 Å². The molecule has 0 bridgehead atoms. The molecule has 2 aromatic heterocycles. The zero-order chi connectivity index (χ0) is 23.6. The Morgan fingerprint density at radius 2 is 2.03 bits per heavy atom. The molecular formula is C24H26FN5O3. The number of rotatable bonds is 4. The van der Waals surface area contributed by atoms with Gasteiger partial charge in [-0.2, -0.15) is 0 Å². The second-order valence-corrected chi connectivity index (χ2v) is 8.91. The second-order valence-electron chi connectivity index (χ2n) is 8.91. The summed E-state index contributed by atoms with van der Waals surface area (Å²) in [5.74, 6) is -0.301. The molecule has 1 saturated heterocycles. The van der Waals surface area contributed by atoms with Crippen LogP contribution >= 0.6 is 0 Å². The molecule has 0 radical (unpaired) electrons. The number of ether oxygens (including phenoxy) is 1. The van der Waals surface area contributed by atoms with Crippen LogP contribution in [-0.2, 0) is 4.74 Å². The maximum absolute atomic E-state index is 14.6. The Morgan fingerprint density at radius 1 is 1.21 bits per heavy atom. The molecule has 8 nitrogen and oxygen atoms in total. The van der Waals surface area contributed by atoms with Crippen molar-refractivity contribution in [1.82, 2.24) is 19.4 Å². The van der Waals surface area contributed by atoms with Gasteiger partial charge in [-0.25, -0.2) is 19.2 Å². The van der Waals surface area contributed by atoms with E-state index < -0.39 is 11.4 Å². The third-order valence-corrected chi connectivity index (χ3v) is 5.14. The molecule has 1 aliphatic rings. The van der Waals surface area contributed by atoms with Gasteiger partial charge in [-0.1, -0.05) is 18.2 Å². The van der Waals surface area contributed by atoms with E-state index >= 15 is 0 Å². The van der Waals surface area contributed by atoms with Crippen molar-refractivity contribution in [2.75, 3.05) is 18.4 Å². The zero-order valence-corrected chi connectivity index (χ0v) is 18.8. The van der Waals surface area contributed by atoms with Crippen LogP contribution in [0.15, 0.2) is 59.7 Å². The lowest BCUT2D eigenvalue weighted by Crippen LogP contribution is -2.36. The molecule has 3 aromatic rings. The minimum absolute atomic E-state index is 0.0786. The lowest BCUT2D eigenvalue weighted by molar-refractivity contribution is 0.0293. The molecule has 1 aromatic carbocycles. The number of aromatic nitrogens is 3. The van der Waals surface area contributed by atoms with E-state index in [1.54, 1.807) is 47.5 Å². The molecule has 1 atom stereocenters. The monoisotopic (exact) mass is 451 g/mol. The highest BCUT2D eigenvalue weighted by Crippen LogP contribution is 2.24. The molecule has 0 spiro atoms. The molecule has 1 amide bonds. The number of pyridine rings is 1. The highest BCUT2D eigenvalue weighted by atomic mass is 19.1. The first kappa shape index (κ1) is 22.4. The van der Waals surface area contributed by atoms with Crippen molar-refractivity contribution in [3.8, 4) is 16.9 Å². The Balaban J connectivity index is 1.52. The summed E-state index contributed by atoms with van der Waals surface area (Å²) in [5.41, 5.74) is 0.510. The Labute approximate surface area is 191 Å². The topological polar surface area (TPSA) is 89.4 Å². The van der Waals surface area contributed by atoms with Gasteiger partial charge in [0.2, 0.25) is 5.95 Å². The summed E-state index contributed by atoms with van der Waals surface area (Å²) in [5, 5.41) is 3.19. The molecule has 0 unspecified atom stereocenters. The number of nitrogens with one attached hydrogen (secondary N) is 1.